The van der Waals surface area contributed by atoms with Gasteiger partial charge in [-0.3, -0.25) is 0 Å². The van der Waals surface area contributed by atoms with Gasteiger partial charge in [-0.05, 0) is 50.6 Å². The first-order valence-electron chi connectivity index (χ1n) is 10.1. The molecule has 156 valence electrons. The summed E-state index contributed by atoms with van der Waals surface area (Å²) in [6.07, 6.45) is 1.64. The van der Waals surface area contributed by atoms with Gasteiger partial charge in [-0.2, -0.15) is 4.31 Å². The van der Waals surface area contributed by atoms with Crippen molar-refractivity contribution < 1.29 is 8.42 Å². The van der Waals surface area contributed by atoms with Crippen molar-refractivity contribution >= 4 is 15.8 Å². The van der Waals surface area contributed by atoms with Crippen LogP contribution in [0.2, 0.25) is 0 Å². The maximum atomic E-state index is 13.1. The lowest BCUT2D eigenvalue weighted by molar-refractivity contribution is 0.309. The Hall–Kier alpha value is -2.03. The third-order valence-electron chi connectivity index (χ3n) is 6.14. The second-order valence-electron chi connectivity index (χ2n) is 8.19. The van der Waals surface area contributed by atoms with Gasteiger partial charge in [0.05, 0.1) is 10.6 Å². The fourth-order valence-corrected chi connectivity index (χ4v) is 5.72. The number of fused-ring (bicyclic) bond motifs is 1. The quantitative estimate of drug-likeness (QED) is 0.826. The molecule has 0 bridgehead atoms. The van der Waals surface area contributed by atoms with E-state index in [0.717, 1.165) is 60.0 Å². The molecule has 2 aromatic rings. The molecule has 1 N–H and O–H groups in total. The molecule has 0 aliphatic carbocycles. The minimum Gasteiger partial charge on any atom is -0.373 e. The third-order valence-corrected chi connectivity index (χ3v) is 8.00. The van der Waals surface area contributed by atoms with Crippen LogP contribution in [-0.4, -0.2) is 61.3 Å². The molecule has 0 radical (unpaired) electrons. The Morgan fingerprint density at radius 2 is 1.93 bits per heavy atom. The van der Waals surface area contributed by atoms with E-state index in [0.29, 0.717) is 18.0 Å². The summed E-state index contributed by atoms with van der Waals surface area (Å²) in [7, 11) is 0.477. The number of sulfonamides is 1. The van der Waals surface area contributed by atoms with Crippen molar-refractivity contribution in [3.05, 3.63) is 46.4 Å². The summed E-state index contributed by atoms with van der Waals surface area (Å²) < 4.78 is 27.8. The highest BCUT2D eigenvalue weighted by molar-refractivity contribution is 7.89. The largest absolute Gasteiger partial charge is 0.373 e. The summed E-state index contributed by atoms with van der Waals surface area (Å²) in [6, 6.07) is 5.34. The highest BCUT2D eigenvalue weighted by Crippen LogP contribution is 2.32. The van der Waals surface area contributed by atoms with Crippen LogP contribution in [0.3, 0.4) is 0 Å². The van der Waals surface area contributed by atoms with Crippen LogP contribution < -0.4 is 5.32 Å². The Labute approximate surface area is 173 Å². The van der Waals surface area contributed by atoms with Gasteiger partial charge < -0.3 is 10.2 Å². The number of hydrogen-bond acceptors (Lipinski definition) is 6. The van der Waals surface area contributed by atoms with E-state index in [1.54, 1.807) is 16.4 Å². The molecule has 1 fully saturated rings. The van der Waals surface area contributed by atoms with Crippen molar-refractivity contribution in [2.75, 3.05) is 39.0 Å². The average Bonchev–Trinajstić information content (AvgIpc) is 3.20. The van der Waals surface area contributed by atoms with Crippen LogP contribution in [0, 0.1) is 13.8 Å². The molecule has 7 nitrogen and oxygen atoms in total. The Morgan fingerprint density at radius 1 is 1.14 bits per heavy atom. The second-order valence-corrected chi connectivity index (χ2v) is 10.1. The number of aryl methyl sites for hydroxylation is 2. The maximum absolute atomic E-state index is 13.1. The normalized spacial score (nSPS) is 20.6. The summed E-state index contributed by atoms with van der Waals surface area (Å²) in [5, 5.41) is 3.21. The lowest BCUT2D eigenvalue weighted by Gasteiger charge is -2.26. The van der Waals surface area contributed by atoms with Crippen molar-refractivity contribution in [3.8, 4) is 0 Å². The summed E-state index contributed by atoms with van der Waals surface area (Å²) in [4.78, 5) is 12.3. The number of anilines is 1. The molecule has 4 rings (SSSR count). The first-order valence-corrected chi connectivity index (χ1v) is 11.6. The van der Waals surface area contributed by atoms with Crippen LogP contribution in [0.15, 0.2) is 23.1 Å². The summed E-state index contributed by atoms with van der Waals surface area (Å²) in [5.74, 6) is 1.65. The number of benzene rings is 1. The lowest BCUT2D eigenvalue weighted by atomic mass is 10.0. The number of nitrogens with zero attached hydrogens (tertiary/aromatic N) is 4. The van der Waals surface area contributed by atoms with E-state index in [9.17, 15) is 8.42 Å². The zero-order chi connectivity index (χ0) is 20.8. The highest BCUT2D eigenvalue weighted by Gasteiger charge is 2.35. The zero-order valence-corrected chi connectivity index (χ0v) is 18.4. The highest BCUT2D eigenvalue weighted by atomic mass is 32.2. The second kappa shape index (κ2) is 7.66. The zero-order valence-electron chi connectivity index (χ0n) is 17.6. The van der Waals surface area contributed by atoms with Gasteiger partial charge in [0, 0.05) is 51.1 Å². The van der Waals surface area contributed by atoms with Gasteiger partial charge in [0.1, 0.15) is 11.6 Å². The van der Waals surface area contributed by atoms with Crippen LogP contribution in [-0.2, 0) is 23.0 Å². The predicted molar refractivity (Wildman–Crippen MR) is 114 cm³/mol. The van der Waals surface area contributed by atoms with Gasteiger partial charge in [0.2, 0.25) is 10.0 Å². The molecule has 2 aliphatic rings. The van der Waals surface area contributed by atoms with Crippen molar-refractivity contribution in [1.82, 2.24) is 19.2 Å². The molecule has 1 saturated heterocycles. The topological polar surface area (TPSA) is 78.4 Å². The molecule has 0 spiro atoms. The van der Waals surface area contributed by atoms with Gasteiger partial charge in [-0.1, -0.05) is 6.07 Å². The Balaban J connectivity index is 1.59. The van der Waals surface area contributed by atoms with Gasteiger partial charge in [0.25, 0.3) is 0 Å². The molecular weight excluding hydrogens is 386 g/mol. The number of aromatic nitrogens is 2. The number of likely N-dealkylation sites (N-methyl/N-ethyl adjacent to an activating group) is 1. The predicted octanol–water partition coefficient (Wildman–Crippen LogP) is 2.30. The van der Waals surface area contributed by atoms with E-state index >= 15 is 0 Å². The van der Waals surface area contributed by atoms with Crippen LogP contribution >= 0.6 is 0 Å². The van der Waals surface area contributed by atoms with E-state index in [4.69, 9.17) is 9.97 Å². The Kier molecular flexibility index (Phi) is 5.35. The van der Waals surface area contributed by atoms with E-state index < -0.39 is 10.0 Å². The van der Waals surface area contributed by atoms with Crippen LogP contribution in [0.5, 0.6) is 0 Å². The molecule has 3 heterocycles. The van der Waals surface area contributed by atoms with E-state index in [-0.39, 0.29) is 5.92 Å². The van der Waals surface area contributed by atoms with Gasteiger partial charge in [0.15, 0.2) is 0 Å². The van der Waals surface area contributed by atoms with Crippen molar-refractivity contribution in [2.45, 2.75) is 44.0 Å². The van der Waals surface area contributed by atoms with Crippen LogP contribution in [0.25, 0.3) is 0 Å². The minimum atomic E-state index is -3.50. The molecule has 0 unspecified atom stereocenters. The third kappa shape index (κ3) is 3.76. The van der Waals surface area contributed by atoms with E-state index in [2.05, 4.69) is 17.3 Å². The first-order chi connectivity index (χ1) is 13.8. The fourth-order valence-electron chi connectivity index (χ4n) is 4.14. The molecule has 29 heavy (non-hydrogen) atoms. The fraction of sp³-hybridized carbons (Fsp3) is 0.524. The van der Waals surface area contributed by atoms with Crippen molar-refractivity contribution in [3.63, 3.8) is 0 Å². The Morgan fingerprint density at radius 3 is 2.66 bits per heavy atom. The maximum Gasteiger partial charge on any atom is 0.243 e. The number of nitrogens with one attached hydrogen (secondary N) is 1. The molecule has 0 amide bonds. The molecule has 1 aromatic heterocycles. The first kappa shape index (κ1) is 20.3. The minimum absolute atomic E-state index is 0.0216. The van der Waals surface area contributed by atoms with Gasteiger partial charge in [-0.15, -0.1) is 0 Å². The average molecular weight is 416 g/mol. The van der Waals surface area contributed by atoms with Gasteiger partial charge in [-0.25, -0.2) is 18.4 Å². The molecule has 1 atom stereocenters. The van der Waals surface area contributed by atoms with E-state index in [1.165, 1.54) is 0 Å². The SMILES string of the molecule is CNc1nc([C@H]2CCN(S(=O)(=O)c3ccc(C)c(C)c3)C2)nc2c1CN(C)CC2. The molecule has 8 heteroatoms. The summed E-state index contributed by atoms with van der Waals surface area (Å²) in [5.41, 5.74) is 4.33. The number of hydrogen-bond donors (Lipinski definition) is 1. The number of rotatable bonds is 4. The van der Waals surface area contributed by atoms with E-state index in [1.807, 2.05) is 27.0 Å². The molecular formula is C21H29N5O2S. The van der Waals surface area contributed by atoms with Gasteiger partial charge >= 0.3 is 0 Å². The smallest absolute Gasteiger partial charge is 0.243 e. The summed E-state index contributed by atoms with van der Waals surface area (Å²) in [6.45, 7) is 6.67. The van der Waals surface area contributed by atoms with Crippen molar-refractivity contribution in [1.29, 1.82) is 0 Å². The molecule has 0 saturated carbocycles. The summed E-state index contributed by atoms with van der Waals surface area (Å²) >= 11 is 0. The lowest BCUT2D eigenvalue weighted by Crippen LogP contribution is -2.30. The molecule has 2 aliphatic heterocycles. The standard InChI is InChI=1S/C21H29N5O2S/c1-14-5-6-17(11-15(14)2)29(27,28)26-10-7-16(12-26)20-23-19-8-9-25(4)13-18(19)21(22-3)24-20/h5-6,11,16H,7-10,12-13H2,1-4H3,(H,22,23,24)/t16-/m0/s1. The van der Waals surface area contributed by atoms with Crippen LogP contribution in [0.4, 0.5) is 5.82 Å². The Bertz CT molecular complexity index is 1020. The monoisotopic (exact) mass is 415 g/mol. The van der Waals surface area contributed by atoms with Crippen LogP contribution in [0.1, 0.15) is 40.5 Å². The molecule has 1 aromatic carbocycles. The van der Waals surface area contributed by atoms with Crippen molar-refractivity contribution in [2.24, 2.45) is 0 Å².